The molecule has 0 radical (unpaired) electrons. The molecular formula is C24H21N3O4. The Morgan fingerprint density at radius 3 is 2.29 bits per heavy atom. The number of rotatable bonds is 6. The van der Waals surface area contributed by atoms with Crippen molar-refractivity contribution in [2.45, 2.75) is 13.8 Å². The van der Waals surface area contributed by atoms with Gasteiger partial charge in [-0.05, 0) is 62.4 Å². The van der Waals surface area contributed by atoms with Gasteiger partial charge < -0.3 is 19.2 Å². The van der Waals surface area contributed by atoms with Crippen molar-refractivity contribution >= 4 is 23.2 Å². The predicted octanol–water partition coefficient (Wildman–Crippen LogP) is 4.54. The smallest absolute Gasteiger partial charge is 0.359 e. The molecule has 0 atom stereocenters. The van der Waals surface area contributed by atoms with Gasteiger partial charge in [-0.2, -0.15) is 0 Å². The number of nitrogens with one attached hydrogen (secondary N) is 1. The zero-order valence-electron chi connectivity index (χ0n) is 17.2. The Morgan fingerprint density at radius 1 is 0.935 bits per heavy atom. The van der Waals surface area contributed by atoms with Crippen LogP contribution in [0.2, 0.25) is 0 Å². The van der Waals surface area contributed by atoms with Gasteiger partial charge in [0.15, 0.2) is 12.3 Å². The van der Waals surface area contributed by atoms with Crippen molar-refractivity contribution in [3.05, 3.63) is 89.9 Å². The lowest BCUT2D eigenvalue weighted by molar-refractivity contribution is -0.119. The summed E-state index contributed by atoms with van der Waals surface area (Å²) in [6.45, 7) is 3.51. The molecule has 2 aromatic carbocycles. The SMILES string of the molecule is Cc1ccc(Oc2ccc(NC(=O)COC(=O)c3cn4c(C)cccc4n3)cc2)cc1. The van der Waals surface area contributed by atoms with Crippen LogP contribution in [-0.4, -0.2) is 27.9 Å². The molecule has 1 N–H and O–H groups in total. The van der Waals surface area contributed by atoms with Crippen LogP contribution in [-0.2, 0) is 9.53 Å². The van der Waals surface area contributed by atoms with E-state index in [2.05, 4.69) is 10.3 Å². The summed E-state index contributed by atoms with van der Waals surface area (Å²) in [5, 5.41) is 2.69. The molecule has 0 aliphatic rings. The molecule has 2 heterocycles. The van der Waals surface area contributed by atoms with Crippen molar-refractivity contribution in [3.63, 3.8) is 0 Å². The highest BCUT2D eigenvalue weighted by molar-refractivity contribution is 5.95. The Balaban J connectivity index is 1.30. The van der Waals surface area contributed by atoms with Gasteiger partial charge in [0, 0.05) is 17.6 Å². The maximum atomic E-state index is 12.2. The molecule has 2 aromatic heterocycles. The molecule has 1 amide bonds. The fraction of sp³-hybridized carbons (Fsp3) is 0.125. The van der Waals surface area contributed by atoms with Gasteiger partial charge in [0.25, 0.3) is 5.91 Å². The first-order chi connectivity index (χ1) is 15.0. The number of fused-ring (bicyclic) bond motifs is 1. The average Bonchev–Trinajstić information content (AvgIpc) is 3.21. The van der Waals surface area contributed by atoms with Crippen molar-refractivity contribution < 1.29 is 19.1 Å². The molecule has 4 aromatic rings. The predicted molar refractivity (Wildman–Crippen MR) is 117 cm³/mol. The van der Waals surface area contributed by atoms with Gasteiger partial charge in [0.05, 0.1) is 0 Å². The third-order valence-electron chi connectivity index (χ3n) is 4.63. The van der Waals surface area contributed by atoms with Crippen LogP contribution in [0.3, 0.4) is 0 Å². The van der Waals surface area contributed by atoms with E-state index in [0.717, 1.165) is 17.0 Å². The monoisotopic (exact) mass is 415 g/mol. The van der Waals surface area contributed by atoms with E-state index in [1.54, 1.807) is 40.9 Å². The summed E-state index contributed by atoms with van der Waals surface area (Å²) in [4.78, 5) is 28.6. The van der Waals surface area contributed by atoms with E-state index in [1.165, 1.54) is 0 Å². The molecule has 0 saturated heterocycles. The number of benzene rings is 2. The summed E-state index contributed by atoms with van der Waals surface area (Å²) >= 11 is 0. The Morgan fingerprint density at radius 2 is 1.61 bits per heavy atom. The third-order valence-corrected chi connectivity index (χ3v) is 4.63. The van der Waals surface area contributed by atoms with Gasteiger partial charge in [0.1, 0.15) is 17.1 Å². The quantitative estimate of drug-likeness (QED) is 0.468. The van der Waals surface area contributed by atoms with Gasteiger partial charge in [-0.15, -0.1) is 0 Å². The summed E-state index contributed by atoms with van der Waals surface area (Å²) in [6, 6.07) is 20.2. The van der Waals surface area contributed by atoms with Gasteiger partial charge in [-0.3, -0.25) is 4.79 Å². The van der Waals surface area contributed by atoms with E-state index in [0.29, 0.717) is 17.1 Å². The second-order valence-corrected chi connectivity index (χ2v) is 7.09. The average molecular weight is 415 g/mol. The summed E-state index contributed by atoms with van der Waals surface area (Å²) in [5.74, 6) is 0.285. The van der Waals surface area contributed by atoms with E-state index in [4.69, 9.17) is 9.47 Å². The number of esters is 1. The zero-order valence-corrected chi connectivity index (χ0v) is 17.2. The van der Waals surface area contributed by atoms with E-state index in [1.807, 2.05) is 50.2 Å². The Hall–Kier alpha value is -4.13. The molecule has 31 heavy (non-hydrogen) atoms. The highest BCUT2D eigenvalue weighted by atomic mass is 16.5. The Bertz CT molecular complexity index is 1230. The molecule has 156 valence electrons. The van der Waals surface area contributed by atoms with Gasteiger partial charge in [-0.25, -0.2) is 9.78 Å². The van der Waals surface area contributed by atoms with E-state index >= 15 is 0 Å². The first-order valence-corrected chi connectivity index (χ1v) is 9.74. The van der Waals surface area contributed by atoms with Crippen LogP contribution in [0, 0.1) is 13.8 Å². The summed E-state index contributed by atoms with van der Waals surface area (Å²) < 4.78 is 12.6. The number of anilines is 1. The van der Waals surface area contributed by atoms with E-state index in [9.17, 15) is 9.59 Å². The highest BCUT2D eigenvalue weighted by Crippen LogP contribution is 2.23. The minimum atomic E-state index is -0.653. The van der Waals surface area contributed by atoms with Crippen LogP contribution >= 0.6 is 0 Å². The molecule has 0 aliphatic heterocycles. The van der Waals surface area contributed by atoms with E-state index < -0.39 is 18.5 Å². The van der Waals surface area contributed by atoms with Crippen molar-refractivity contribution in [3.8, 4) is 11.5 Å². The first-order valence-electron chi connectivity index (χ1n) is 9.74. The van der Waals surface area contributed by atoms with Crippen molar-refractivity contribution in [2.75, 3.05) is 11.9 Å². The summed E-state index contributed by atoms with van der Waals surface area (Å²) in [7, 11) is 0. The minimum Gasteiger partial charge on any atom is -0.457 e. The van der Waals surface area contributed by atoms with Crippen molar-refractivity contribution in [2.24, 2.45) is 0 Å². The van der Waals surface area contributed by atoms with Crippen molar-refractivity contribution in [1.82, 2.24) is 9.38 Å². The largest absolute Gasteiger partial charge is 0.457 e. The third kappa shape index (κ3) is 4.90. The number of hydrogen-bond acceptors (Lipinski definition) is 5. The van der Waals surface area contributed by atoms with E-state index in [-0.39, 0.29) is 5.69 Å². The topological polar surface area (TPSA) is 81.9 Å². The molecule has 0 aliphatic carbocycles. The number of imidazole rings is 1. The van der Waals surface area contributed by atoms with Crippen LogP contribution < -0.4 is 10.1 Å². The lowest BCUT2D eigenvalue weighted by Gasteiger charge is -2.08. The number of pyridine rings is 1. The number of ether oxygens (including phenoxy) is 2. The number of aromatic nitrogens is 2. The van der Waals surface area contributed by atoms with Gasteiger partial charge in [-0.1, -0.05) is 23.8 Å². The summed E-state index contributed by atoms with van der Waals surface area (Å²) in [5.41, 5.74) is 3.46. The van der Waals surface area contributed by atoms with Crippen LogP contribution in [0.25, 0.3) is 5.65 Å². The van der Waals surface area contributed by atoms with Gasteiger partial charge >= 0.3 is 5.97 Å². The Kier molecular flexibility index (Phi) is 5.66. The number of carbonyl (C=O) groups is 2. The number of carbonyl (C=O) groups excluding carboxylic acids is 2. The number of hydrogen-bond donors (Lipinski definition) is 1. The molecule has 0 bridgehead atoms. The van der Waals surface area contributed by atoms with Crippen LogP contribution in [0.5, 0.6) is 11.5 Å². The van der Waals surface area contributed by atoms with Crippen molar-refractivity contribution in [1.29, 1.82) is 0 Å². The standard InChI is InChI=1S/C24H21N3O4/c1-16-6-10-19(11-7-16)31-20-12-8-18(9-13-20)25-23(28)15-30-24(29)21-14-27-17(2)4-3-5-22(27)26-21/h3-14H,15H2,1-2H3,(H,25,28). The lowest BCUT2D eigenvalue weighted by Crippen LogP contribution is -2.21. The first kappa shape index (κ1) is 20.2. The molecule has 0 saturated carbocycles. The zero-order chi connectivity index (χ0) is 21.8. The molecule has 0 fully saturated rings. The molecule has 4 rings (SSSR count). The molecular weight excluding hydrogens is 394 g/mol. The minimum absolute atomic E-state index is 0.153. The van der Waals surface area contributed by atoms with Crippen LogP contribution in [0.1, 0.15) is 21.7 Å². The van der Waals surface area contributed by atoms with Gasteiger partial charge in [0.2, 0.25) is 0 Å². The number of amides is 1. The second-order valence-electron chi connectivity index (χ2n) is 7.09. The highest BCUT2D eigenvalue weighted by Gasteiger charge is 2.15. The maximum Gasteiger partial charge on any atom is 0.359 e. The fourth-order valence-electron chi connectivity index (χ4n) is 3.00. The Labute approximate surface area is 179 Å². The van der Waals surface area contributed by atoms with Crippen LogP contribution in [0.15, 0.2) is 72.9 Å². The molecule has 0 unspecified atom stereocenters. The second kappa shape index (κ2) is 8.71. The number of nitrogens with zero attached hydrogens (tertiary/aromatic N) is 2. The number of aryl methyl sites for hydroxylation is 2. The lowest BCUT2D eigenvalue weighted by atomic mass is 10.2. The molecule has 0 spiro atoms. The molecule has 7 nitrogen and oxygen atoms in total. The molecule has 7 heteroatoms. The fourth-order valence-corrected chi connectivity index (χ4v) is 3.00. The maximum absolute atomic E-state index is 12.2. The normalized spacial score (nSPS) is 10.6. The summed E-state index contributed by atoms with van der Waals surface area (Å²) in [6.07, 6.45) is 1.59. The van der Waals surface area contributed by atoms with Crippen LogP contribution in [0.4, 0.5) is 5.69 Å².